The molecule has 0 aliphatic carbocycles. The van der Waals surface area contributed by atoms with Crippen molar-refractivity contribution in [2.75, 3.05) is 0 Å². The van der Waals surface area contributed by atoms with Gasteiger partial charge in [0, 0.05) is 6.42 Å². The number of esters is 2. The van der Waals surface area contributed by atoms with E-state index in [0.29, 0.717) is 11.1 Å². The summed E-state index contributed by atoms with van der Waals surface area (Å²) in [6.45, 7) is 6.24. The topological polar surface area (TPSA) is 109 Å². The number of hydrogen-bond acceptors (Lipinski definition) is 7. The maximum atomic E-state index is 14.8. The molecule has 0 radical (unpaired) electrons. The number of carbonyl (C=O) groups is 2. The molecule has 0 aliphatic rings. The molecule has 248 valence electrons. The zero-order chi connectivity index (χ0) is 34.0. The van der Waals surface area contributed by atoms with Gasteiger partial charge in [-0.15, -0.1) is 0 Å². The van der Waals surface area contributed by atoms with Crippen molar-refractivity contribution >= 4 is 11.9 Å². The molecule has 0 aliphatic heterocycles. The summed E-state index contributed by atoms with van der Waals surface area (Å²) in [6.07, 6.45) is 12.9. The highest BCUT2D eigenvalue weighted by Gasteiger charge is 2.20. The molecule has 3 aromatic rings. The molecular weight excluding hydrogens is 595 g/mol. The number of benzene rings is 3. The second-order valence-corrected chi connectivity index (χ2v) is 11.8. The van der Waals surface area contributed by atoms with Crippen LogP contribution >= 0.6 is 0 Å². The lowest BCUT2D eigenvalue weighted by Crippen LogP contribution is -2.14. The molecule has 0 unspecified atom stereocenters. The summed E-state index contributed by atoms with van der Waals surface area (Å²) in [5, 5.41) is 19.6. The van der Waals surface area contributed by atoms with E-state index in [1.54, 1.807) is 24.3 Å². The molecule has 0 saturated heterocycles. The number of carbonyl (C=O) groups excluding carboxylic acids is 2. The Morgan fingerprint density at radius 1 is 0.702 bits per heavy atom. The third-order valence-electron chi connectivity index (χ3n) is 7.94. The van der Waals surface area contributed by atoms with Crippen LogP contribution in [0.5, 0.6) is 17.2 Å². The molecule has 3 aromatic carbocycles. The molecule has 0 spiro atoms. The largest absolute Gasteiger partial charge is 0.489 e. The van der Waals surface area contributed by atoms with Crippen molar-refractivity contribution in [1.82, 2.24) is 0 Å². The molecule has 0 saturated carbocycles. The Hall–Kier alpha value is -4.69. The van der Waals surface area contributed by atoms with Crippen LogP contribution in [0.25, 0.3) is 11.1 Å². The summed E-state index contributed by atoms with van der Waals surface area (Å²) >= 11 is 0. The van der Waals surface area contributed by atoms with Crippen LogP contribution < -0.4 is 14.2 Å². The molecule has 0 bridgehead atoms. The van der Waals surface area contributed by atoms with Gasteiger partial charge in [0.15, 0.2) is 17.3 Å². The van der Waals surface area contributed by atoms with E-state index in [1.165, 1.54) is 49.6 Å². The van der Waals surface area contributed by atoms with Crippen LogP contribution in [-0.4, -0.2) is 18.0 Å². The van der Waals surface area contributed by atoms with Gasteiger partial charge in [-0.3, -0.25) is 4.79 Å². The predicted octanol–water partition coefficient (Wildman–Crippen LogP) is 10.2. The lowest BCUT2D eigenvalue weighted by atomic mass is 10.0. The van der Waals surface area contributed by atoms with E-state index in [-0.39, 0.29) is 46.5 Å². The number of hydrogen-bond donors (Lipinski definition) is 0. The summed E-state index contributed by atoms with van der Waals surface area (Å²) in [6, 6.07) is 17.7. The second-order valence-electron chi connectivity index (χ2n) is 11.8. The number of ether oxygens (including phenoxy) is 3. The quantitative estimate of drug-likeness (QED) is 0.0728. The van der Waals surface area contributed by atoms with Crippen molar-refractivity contribution in [3.05, 3.63) is 77.1 Å². The lowest BCUT2D eigenvalue weighted by molar-refractivity contribution is -0.134. The molecule has 0 fully saturated rings. The van der Waals surface area contributed by atoms with Crippen LogP contribution in [0.1, 0.15) is 126 Å². The first kappa shape index (κ1) is 36.8. The Balaban J connectivity index is 1.60. The molecule has 1 atom stereocenters. The van der Waals surface area contributed by atoms with Crippen LogP contribution in [0.3, 0.4) is 0 Å². The molecule has 0 aromatic heterocycles. The molecule has 3 rings (SSSR count). The van der Waals surface area contributed by atoms with Gasteiger partial charge in [0.2, 0.25) is 0 Å². The van der Waals surface area contributed by atoms with E-state index in [1.807, 2.05) is 19.1 Å². The van der Waals surface area contributed by atoms with Crippen molar-refractivity contribution in [2.45, 2.75) is 110 Å². The normalized spacial score (nSPS) is 11.3. The van der Waals surface area contributed by atoms with Gasteiger partial charge in [0.1, 0.15) is 29.0 Å². The maximum Gasteiger partial charge on any atom is 0.343 e. The maximum absolute atomic E-state index is 14.8. The van der Waals surface area contributed by atoms with E-state index in [4.69, 9.17) is 14.2 Å². The fourth-order valence-electron chi connectivity index (χ4n) is 5.22. The van der Waals surface area contributed by atoms with Gasteiger partial charge in [0.05, 0.1) is 11.7 Å². The molecule has 0 amide bonds. The van der Waals surface area contributed by atoms with Gasteiger partial charge in [-0.25, -0.2) is 9.18 Å². The van der Waals surface area contributed by atoms with Crippen LogP contribution in [0.2, 0.25) is 0 Å². The number of nitrogens with zero attached hydrogens (tertiary/aromatic N) is 2. The zero-order valence-electron chi connectivity index (χ0n) is 27.8. The van der Waals surface area contributed by atoms with E-state index >= 15 is 0 Å². The number of unbranched alkanes of at least 4 members (excludes halogenated alkanes) is 9. The van der Waals surface area contributed by atoms with Gasteiger partial charge in [-0.1, -0.05) is 89.8 Å². The highest BCUT2D eigenvalue weighted by atomic mass is 19.1. The van der Waals surface area contributed by atoms with E-state index in [2.05, 4.69) is 13.8 Å². The third-order valence-corrected chi connectivity index (χ3v) is 7.94. The van der Waals surface area contributed by atoms with Crippen molar-refractivity contribution < 1.29 is 28.2 Å². The van der Waals surface area contributed by atoms with Gasteiger partial charge in [0.25, 0.3) is 0 Å². The number of halogens is 1. The second kappa shape index (κ2) is 19.7. The first-order valence-corrected chi connectivity index (χ1v) is 16.8. The Morgan fingerprint density at radius 3 is 1.89 bits per heavy atom. The predicted molar refractivity (Wildman–Crippen MR) is 180 cm³/mol. The lowest BCUT2D eigenvalue weighted by Gasteiger charge is -2.17. The summed E-state index contributed by atoms with van der Waals surface area (Å²) in [4.78, 5) is 25.2. The zero-order valence-corrected chi connectivity index (χ0v) is 27.8. The molecule has 0 heterocycles. The number of rotatable bonds is 19. The summed E-state index contributed by atoms with van der Waals surface area (Å²) < 4.78 is 31.5. The van der Waals surface area contributed by atoms with Crippen molar-refractivity contribution in [3.8, 4) is 40.5 Å². The SMILES string of the molecule is CCCCCCCCCC(=O)Oc1ccc(-c2ccc(C(=O)Oc3ccc(O[C@H](C)CCCCCC)c(C#N)c3C#N)cc2)cc1F. The van der Waals surface area contributed by atoms with Crippen LogP contribution in [-0.2, 0) is 4.79 Å². The van der Waals surface area contributed by atoms with E-state index in [0.717, 1.165) is 57.8 Å². The van der Waals surface area contributed by atoms with Gasteiger partial charge in [-0.2, -0.15) is 10.5 Å². The third kappa shape index (κ3) is 11.6. The fraction of sp³-hybridized carbons (Fsp3) is 0.436. The Bertz CT molecular complexity index is 1560. The Morgan fingerprint density at radius 2 is 1.26 bits per heavy atom. The fourth-order valence-corrected chi connectivity index (χ4v) is 5.22. The molecule has 8 heteroatoms. The molecular formula is C39H45FN2O5. The number of nitriles is 2. The summed E-state index contributed by atoms with van der Waals surface area (Å²) in [7, 11) is 0. The highest BCUT2D eigenvalue weighted by Crippen LogP contribution is 2.32. The molecule has 7 nitrogen and oxygen atoms in total. The molecule has 0 N–H and O–H groups in total. The standard InChI is InChI=1S/C39H45FN2O5/c1-4-6-8-10-11-12-14-16-38(43)46-37-22-21-31(25-34(37)40)29-17-19-30(20-18-29)39(44)47-36-24-23-35(32(26-41)33(36)27-42)45-28(3)15-13-9-7-5-2/h17-25,28H,4-16H2,1-3H3/t28-/m1/s1. The van der Waals surface area contributed by atoms with Gasteiger partial charge >= 0.3 is 11.9 Å². The average molecular weight is 641 g/mol. The smallest absolute Gasteiger partial charge is 0.343 e. The Kier molecular flexibility index (Phi) is 15.4. The Labute approximate surface area is 278 Å². The summed E-state index contributed by atoms with van der Waals surface area (Å²) in [5.41, 5.74) is 1.31. The van der Waals surface area contributed by atoms with Crippen LogP contribution in [0, 0.1) is 28.5 Å². The summed E-state index contributed by atoms with van der Waals surface area (Å²) in [5.74, 6) is -1.72. The van der Waals surface area contributed by atoms with Gasteiger partial charge in [-0.05, 0) is 73.7 Å². The van der Waals surface area contributed by atoms with Crippen molar-refractivity contribution in [2.24, 2.45) is 0 Å². The minimum Gasteiger partial charge on any atom is -0.489 e. The average Bonchev–Trinajstić information content (AvgIpc) is 3.07. The highest BCUT2D eigenvalue weighted by molar-refractivity contribution is 5.92. The van der Waals surface area contributed by atoms with Crippen LogP contribution in [0.4, 0.5) is 4.39 Å². The van der Waals surface area contributed by atoms with E-state index < -0.39 is 17.8 Å². The first-order valence-electron chi connectivity index (χ1n) is 16.8. The van der Waals surface area contributed by atoms with E-state index in [9.17, 15) is 24.5 Å². The van der Waals surface area contributed by atoms with Crippen molar-refractivity contribution in [3.63, 3.8) is 0 Å². The van der Waals surface area contributed by atoms with Crippen LogP contribution in [0.15, 0.2) is 54.6 Å². The molecule has 47 heavy (non-hydrogen) atoms. The minimum absolute atomic E-state index is 0.0162. The minimum atomic E-state index is -0.718. The van der Waals surface area contributed by atoms with Gasteiger partial charge < -0.3 is 14.2 Å². The van der Waals surface area contributed by atoms with Crippen molar-refractivity contribution in [1.29, 1.82) is 10.5 Å². The first-order chi connectivity index (χ1) is 22.8. The monoisotopic (exact) mass is 640 g/mol.